The van der Waals surface area contributed by atoms with Gasteiger partial charge in [0.05, 0.1) is 25.6 Å². The number of carboxylic acids is 1. The number of hydrogen-bond donors (Lipinski definition) is 2. The molecule has 0 unspecified atom stereocenters. The van der Waals surface area contributed by atoms with Gasteiger partial charge in [0.15, 0.2) is 0 Å². The molecule has 2 N–H and O–H groups in total. The van der Waals surface area contributed by atoms with E-state index in [1.54, 1.807) is 13.8 Å². The van der Waals surface area contributed by atoms with Crippen LogP contribution in [0.25, 0.3) is 0 Å². The van der Waals surface area contributed by atoms with Gasteiger partial charge in [-0.2, -0.15) is 0 Å². The highest BCUT2D eigenvalue weighted by Crippen LogP contribution is 2.15. The van der Waals surface area contributed by atoms with Crippen LogP contribution < -0.4 is 5.32 Å². The minimum absolute atomic E-state index is 0.0203. The molecule has 1 aromatic carbocycles. The Morgan fingerprint density at radius 1 is 1.04 bits per heavy atom. The van der Waals surface area contributed by atoms with Crippen molar-refractivity contribution < 1.29 is 33.8 Å². The first-order valence-corrected chi connectivity index (χ1v) is 8.77. The lowest BCUT2D eigenvalue weighted by molar-refractivity contribution is -0.160. The molecule has 148 valence electrons. The Bertz CT molecular complexity index is 645. The molecule has 2 atom stereocenters. The number of ether oxygens (including phenoxy) is 2. The van der Waals surface area contributed by atoms with Crippen molar-refractivity contribution in [1.82, 2.24) is 5.32 Å². The number of rotatable bonds is 11. The van der Waals surface area contributed by atoms with Crippen molar-refractivity contribution in [3.63, 3.8) is 0 Å². The van der Waals surface area contributed by atoms with Crippen LogP contribution in [0.5, 0.6) is 0 Å². The number of esters is 2. The van der Waals surface area contributed by atoms with E-state index in [0.29, 0.717) is 6.42 Å². The molecule has 0 saturated carbocycles. The lowest BCUT2D eigenvalue weighted by atomic mass is 9.95. The Hall–Kier alpha value is -2.90. The second-order valence-electron chi connectivity index (χ2n) is 5.74. The van der Waals surface area contributed by atoms with E-state index in [0.717, 1.165) is 5.56 Å². The molecule has 0 radical (unpaired) electrons. The zero-order valence-electron chi connectivity index (χ0n) is 15.5. The highest BCUT2D eigenvalue weighted by atomic mass is 16.5. The summed E-state index contributed by atoms with van der Waals surface area (Å²) in [5.41, 5.74) is 0.924. The second-order valence-corrected chi connectivity index (χ2v) is 5.74. The van der Waals surface area contributed by atoms with E-state index in [1.165, 1.54) is 0 Å². The molecule has 0 saturated heterocycles. The fourth-order valence-electron chi connectivity index (χ4n) is 2.47. The van der Waals surface area contributed by atoms with Gasteiger partial charge in [-0.15, -0.1) is 0 Å². The van der Waals surface area contributed by atoms with Crippen LogP contribution in [0, 0.1) is 5.92 Å². The molecule has 8 heteroatoms. The molecule has 0 aromatic heterocycles. The number of hydrogen-bond acceptors (Lipinski definition) is 6. The number of amides is 1. The average Bonchev–Trinajstić information content (AvgIpc) is 2.64. The van der Waals surface area contributed by atoms with Gasteiger partial charge in [-0.25, -0.2) is 4.79 Å². The summed E-state index contributed by atoms with van der Waals surface area (Å²) in [6.07, 6.45) is -0.0354. The first-order chi connectivity index (χ1) is 12.9. The van der Waals surface area contributed by atoms with Crippen molar-refractivity contribution in [3.05, 3.63) is 35.9 Å². The number of nitrogens with one attached hydrogen (secondary N) is 1. The molecule has 0 bridgehead atoms. The molecule has 1 aromatic rings. The van der Waals surface area contributed by atoms with Crippen LogP contribution >= 0.6 is 0 Å². The summed E-state index contributed by atoms with van der Waals surface area (Å²) in [6, 6.07) is 7.64. The summed E-state index contributed by atoms with van der Waals surface area (Å²) in [7, 11) is 0. The van der Waals surface area contributed by atoms with E-state index < -0.39 is 42.2 Å². The third kappa shape index (κ3) is 7.89. The smallest absolute Gasteiger partial charge is 0.327 e. The molecule has 27 heavy (non-hydrogen) atoms. The number of carbonyl (C=O) groups is 4. The van der Waals surface area contributed by atoms with Crippen LogP contribution in [0.2, 0.25) is 0 Å². The maximum atomic E-state index is 12.2. The van der Waals surface area contributed by atoms with Gasteiger partial charge in [0.1, 0.15) is 6.04 Å². The summed E-state index contributed by atoms with van der Waals surface area (Å²) >= 11 is 0. The molecule has 1 rings (SSSR count). The van der Waals surface area contributed by atoms with Crippen molar-refractivity contribution >= 4 is 23.8 Å². The van der Waals surface area contributed by atoms with Gasteiger partial charge in [0, 0.05) is 6.42 Å². The van der Waals surface area contributed by atoms with Gasteiger partial charge in [-0.1, -0.05) is 30.3 Å². The third-order valence-corrected chi connectivity index (χ3v) is 3.75. The second kappa shape index (κ2) is 11.7. The molecule has 0 fully saturated rings. The number of aliphatic carboxylic acids is 1. The van der Waals surface area contributed by atoms with Crippen molar-refractivity contribution in [3.8, 4) is 0 Å². The van der Waals surface area contributed by atoms with Crippen LogP contribution in [0.1, 0.15) is 32.3 Å². The molecule has 0 heterocycles. The van der Waals surface area contributed by atoms with Gasteiger partial charge >= 0.3 is 17.9 Å². The summed E-state index contributed by atoms with van der Waals surface area (Å²) in [5, 5.41) is 11.8. The van der Waals surface area contributed by atoms with Crippen LogP contribution in [0.4, 0.5) is 0 Å². The van der Waals surface area contributed by atoms with Crippen molar-refractivity contribution in [2.24, 2.45) is 5.92 Å². The molecule has 0 spiro atoms. The summed E-state index contributed by atoms with van der Waals surface area (Å²) in [4.78, 5) is 47.7. The fourth-order valence-corrected chi connectivity index (χ4v) is 2.47. The van der Waals surface area contributed by atoms with E-state index in [-0.39, 0.29) is 19.6 Å². The lowest BCUT2D eigenvalue weighted by Crippen LogP contribution is -2.49. The molecule has 1 amide bonds. The van der Waals surface area contributed by atoms with Crippen LogP contribution in [-0.4, -0.2) is 48.2 Å². The standard InChI is InChI=1S/C19H25NO7/c1-3-26-16(22)12-14(19(25)27-4-2)17(18(23)24)20-15(21)11-10-13-8-6-5-7-9-13/h5-9,14,17H,3-4,10-12H2,1-2H3,(H,20,21)(H,23,24)/t14-,17+/m1/s1. The van der Waals surface area contributed by atoms with E-state index in [9.17, 15) is 24.3 Å². The first-order valence-electron chi connectivity index (χ1n) is 8.77. The predicted octanol–water partition coefficient (Wildman–Crippen LogP) is 1.32. The predicted molar refractivity (Wildman–Crippen MR) is 95.7 cm³/mol. The summed E-state index contributed by atoms with van der Waals surface area (Å²) in [6.45, 7) is 3.27. The Morgan fingerprint density at radius 3 is 2.22 bits per heavy atom. The zero-order valence-corrected chi connectivity index (χ0v) is 15.5. The highest BCUT2D eigenvalue weighted by Gasteiger charge is 2.38. The van der Waals surface area contributed by atoms with Crippen LogP contribution in [0.15, 0.2) is 30.3 Å². The maximum absolute atomic E-state index is 12.2. The zero-order chi connectivity index (χ0) is 20.2. The lowest BCUT2D eigenvalue weighted by Gasteiger charge is -2.22. The minimum atomic E-state index is -1.59. The molecule has 0 aliphatic heterocycles. The molecule has 0 aliphatic rings. The Kier molecular flexibility index (Phi) is 9.57. The first kappa shape index (κ1) is 22.1. The SMILES string of the molecule is CCOC(=O)C[C@@H](C(=O)OCC)[C@H](NC(=O)CCc1ccccc1)C(=O)O. The van der Waals surface area contributed by atoms with Gasteiger partial charge < -0.3 is 19.9 Å². The van der Waals surface area contributed by atoms with Gasteiger partial charge in [-0.3, -0.25) is 14.4 Å². The van der Waals surface area contributed by atoms with E-state index >= 15 is 0 Å². The topological polar surface area (TPSA) is 119 Å². The largest absolute Gasteiger partial charge is 0.480 e. The number of carbonyl (C=O) groups excluding carboxylic acids is 3. The van der Waals surface area contributed by atoms with Gasteiger partial charge in [0.25, 0.3) is 0 Å². The Balaban J connectivity index is 2.82. The van der Waals surface area contributed by atoms with Crippen molar-refractivity contribution in [2.45, 2.75) is 39.2 Å². The van der Waals surface area contributed by atoms with E-state index in [4.69, 9.17) is 9.47 Å². The van der Waals surface area contributed by atoms with Gasteiger partial charge in [-0.05, 0) is 25.8 Å². The highest BCUT2D eigenvalue weighted by molar-refractivity contribution is 5.90. The van der Waals surface area contributed by atoms with Crippen LogP contribution in [-0.2, 0) is 35.1 Å². The average molecular weight is 379 g/mol. The van der Waals surface area contributed by atoms with Gasteiger partial charge in [0.2, 0.25) is 5.91 Å². The van der Waals surface area contributed by atoms with E-state index in [1.807, 2.05) is 30.3 Å². The molecule has 0 aliphatic carbocycles. The van der Waals surface area contributed by atoms with Crippen molar-refractivity contribution in [2.75, 3.05) is 13.2 Å². The Morgan fingerprint density at radius 2 is 1.67 bits per heavy atom. The summed E-state index contributed by atoms with van der Waals surface area (Å²) in [5.74, 6) is -4.95. The van der Waals surface area contributed by atoms with E-state index in [2.05, 4.69) is 5.32 Å². The molecule has 8 nitrogen and oxygen atoms in total. The number of benzene rings is 1. The maximum Gasteiger partial charge on any atom is 0.327 e. The quantitative estimate of drug-likeness (QED) is 0.557. The number of carboxylic acid groups (broad SMARTS) is 1. The van der Waals surface area contributed by atoms with Crippen molar-refractivity contribution in [1.29, 1.82) is 0 Å². The monoisotopic (exact) mass is 379 g/mol. The van der Waals surface area contributed by atoms with Crippen LogP contribution in [0.3, 0.4) is 0 Å². The Labute approximate surface area is 157 Å². The molecular formula is C19H25NO7. The minimum Gasteiger partial charge on any atom is -0.480 e. The fraction of sp³-hybridized carbons (Fsp3) is 0.474. The summed E-state index contributed by atoms with van der Waals surface area (Å²) < 4.78 is 9.65. The normalized spacial score (nSPS) is 12.5. The molecular weight excluding hydrogens is 354 g/mol. The number of aryl methyl sites for hydroxylation is 1. The third-order valence-electron chi connectivity index (χ3n) is 3.75.